The van der Waals surface area contributed by atoms with E-state index in [4.69, 9.17) is 9.97 Å². The van der Waals surface area contributed by atoms with Crippen LogP contribution in [0.5, 0.6) is 0 Å². The monoisotopic (exact) mass is 484 g/mol. The fraction of sp³-hybridized carbons (Fsp3) is 0.281. The molecule has 5 nitrogen and oxygen atoms in total. The van der Waals surface area contributed by atoms with Gasteiger partial charge in [0, 0.05) is 34.9 Å². The first-order valence-corrected chi connectivity index (χ1v) is 12.9. The van der Waals surface area contributed by atoms with Gasteiger partial charge >= 0.3 is 0 Å². The van der Waals surface area contributed by atoms with Gasteiger partial charge in [0.2, 0.25) is 0 Å². The van der Waals surface area contributed by atoms with E-state index in [1.54, 1.807) is 12.4 Å². The molecular formula is C32H28N4O. The van der Waals surface area contributed by atoms with Gasteiger partial charge in [-0.15, -0.1) is 0 Å². The number of carbonyl (C=O) groups excluding carboxylic acids is 1. The summed E-state index contributed by atoms with van der Waals surface area (Å²) in [5, 5.41) is 9.98. The van der Waals surface area contributed by atoms with E-state index in [0.717, 1.165) is 52.0 Å². The van der Waals surface area contributed by atoms with Gasteiger partial charge in [-0.25, -0.2) is 9.97 Å². The molecule has 2 aromatic heterocycles. The Bertz CT molecular complexity index is 1510. The van der Waals surface area contributed by atoms with Crippen molar-refractivity contribution in [2.75, 3.05) is 0 Å². The normalized spacial score (nSPS) is 24.6. The Kier molecular flexibility index (Phi) is 5.68. The molecule has 0 N–H and O–H groups in total. The van der Waals surface area contributed by atoms with Crippen LogP contribution in [0.3, 0.4) is 0 Å². The summed E-state index contributed by atoms with van der Waals surface area (Å²) in [6.45, 7) is 3.95. The standard InChI is InChI=1S/C32H28N4O/c1-20-28-13-12-27-29(24-10-8-22(9-11-24)23-14-16-34-17-15-23)35-21(2)36-31(27)32(28,18-25(19-33)30(20)37)26-6-4-3-5-7-26/h3-11,14-17,20,25,28H,12-13,18H2,1-2H3/t20-,25?,28-,32-/m0/s1. The van der Waals surface area contributed by atoms with Gasteiger partial charge in [0.15, 0.2) is 5.78 Å². The molecule has 37 heavy (non-hydrogen) atoms. The lowest BCUT2D eigenvalue weighted by molar-refractivity contribution is -0.131. The number of aryl methyl sites for hydroxylation is 1. The van der Waals surface area contributed by atoms with E-state index in [2.05, 4.69) is 47.5 Å². The van der Waals surface area contributed by atoms with Crippen molar-refractivity contribution in [1.29, 1.82) is 5.26 Å². The molecule has 6 rings (SSSR count). The summed E-state index contributed by atoms with van der Waals surface area (Å²) in [4.78, 5) is 27.3. The topological polar surface area (TPSA) is 79.5 Å². The van der Waals surface area contributed by atoms with Crippen molar-refractivity contribution in [3.8, 4) is 28.5 Å². The first kappa shape index (κ1) is 23.2. The fourth-order valence-corrected chi connectivity index (χ4v) is 6.70. The molecule has 182 valence electrons. The van der Waals surface area contributed by atoms with Crippen molar-refractivity contribution in [2.45, 2.75) is 38.5 Å². The van der Waals surface area contributed by atoms with Crippen LogP contribution >= 0.6 is 0 Å². The Morgan fingerprint density at radius 1 is 0.919 bits per heavy atom. The molecule has 1 unspecified atom stereocenters. The number of nitriles is 1. The first-order chi connectivity index (χ1) is 18.0. The number of hydrogen-bond acceptors (Lipinski definition) is 5. The summed E-state index contributed by atoms with van der Waals surface area (Å²) in [6, 6.07) is 25.2. The molecule has 0 bridgehead atoms. The third-order valence-corrected chi connectivity index (χ3v) is 8.42. The number of fused-ring (bicyclic) bond motifs is 3. The molecule has 2 heterocycles. The zero-order valence-corrected chi connectivity index (χ0v) is 21.1. The third-order valence-electron chi connectivity index (χ3n) is 8.42. The maximum absolute atomic E-state index is 13.1. The molecule has 1 saturated carbocycles. The van der Waals surface area contributed by atoms with Gasteiger partial charge in [0.05, 0.1) is 17.5 Å². The Labute approximate surface area is 217 Å². The van der Waals surface area contributed by atoms with Crippen LogP contribution in [0.15, 0.2) is 79.1 Å². The first-order valence-electron chi connectivity index (χ1n) is 12.9. The molecule has 0 aliphatic heterocycles. The minimum absolute atomic E-state index is 0.0696. The third kappa shape index (κ3) is 3.67. The predicted octanol–water partition coefficient (Wildman–Crippen LogP) is 6.11. The molecule has 2 aromatic carbocycles. The smallest absolute Gasteiger partial charge is 0.153 e. The number of ketones is 1. The highest BCUT2D eigenvalue weighted by Crippen LogP contribution is 2.56. The summed E-state index contributed by atoms with van der Waals surface area (Å²) < 4.78 is 0. The molecule has 0 saturated heterocycles. The van der Waals surface area contributed by atoms with Gasteiger partial charge in [0.25, 0.3) is 0 Å². The lowest BCUT2D eigenvalue weighted by atomic mass is 9.50. The molecular weight excluding hydrogens is 456 g/mol. The van der Waals surface area contributed by atoms with Gasteiger partial charge in [0.1, 0.15) is 11.7 Å². The van der Waals surface area contributed by atoms with Crippen molar-refractivity contribution < 1.29 is 4.79 Å². The molecule has 4 atom stereocenters. The number of aromatic nitrogens is 3. The summed E-state index contributed by atoms with van der Waals surface area (Å²) in [6.07, 6.45) is 5.74. The number of carbonyl (C=O) groups is 1. The number of pyridine rings is 1. The maximum Gasteiger partial charge on any atom is 0.153 e. The van der Waals surface area contributed by atoms with Crippen molar-refractivity contribution in [1.82, 2.24) is 15.0 Å². The Morgan fingerprint density at radius 2 is 1.59 bits per heavy atom. The van der Waals surface area contributed by atoms with E-state index >= 15 is 0 Å². The summed E-state index contributed by atoms with van der Waals surface area (Å²) >= 11 is 0. The highest BCUT2D eigenvalue weighted by Gasteiger charge is 2.56. The largest absolute Gasteiger partial charge is 0.298 e. The van der Waals surface area contributed by atoms with E-state index in [-0.39, 0.29) is 17.6 Å². The quantitative estimate of drug-likeness (QED) is 0.350. The molecule has 2 aliphatic rings. The lowest BCUT2D eigenvalue weighted by Gasteiger charge is -2.51. The zero-order chi connectivity index (χ0) is 25.6. The maximum atomic E-state index is 13.1. The Balaban J connectivity index is 1.54. The molecule has 5 heteroatoms. The van der Waals surface area contributed by atoms with Crippen LogP contribution < -0.4 is 0 Å². The van der Waals surface area contributed by atoms with E-state index < -0.39 is 11.3 Å². The number of benzene rings is 2. The van der Waals surface area contributed by atoms with Gasteiger partial charge < -0.3 is 0 Å². The molecule has 0 amide bonds. The number of Topliss-reactive ketones (excluding diaryl/α,β-unsaturated/α-hetero) is 1. The van der Waals surface area contributed by atoms with Gasteiger partial charge in [-0.3, -0.25) is 9.78 Å². The van der Waals surface area contributed by atoms with Crippen molar-refractivity contribution >= 4 is 5.78 Å². The Hall–Kier alpha value is -4.17. The summed E-state index contributed by atoms with van der Waals surface area (Å²) in [5.41, 5.74) is 7.03. The number of hydrogen-bond donors (Lipinski definition) is 0. The van der Waals surface area contributed by atoms with Gasteiger partial charge in [-0.05, 0) is 60.9 Å². The fourth-order valence-electron chi connectivity index (χ4n) is 6.70. The number of nitrogens with zero attached hydrogens (tertiary/aromatic N) is 4. The van der Waals surface area contributed by atoms with Crippen molar-refractivity contribution in [3.05, 3.63) is 102 Å². The minimum atomic E-state index is -0.643. The van der Waals surface area contributed by atoms with Crippen molar-refractivity contribution in [3.63, 3.8) is 0 Å². The molecule has 0 radical (unpaired) electrons. The number of rotatable bonds is 3. The van der Waals surface area contributed by atoms with E-state index in [1.165, 1.54) is 0 Å². The van der Waals surface area contributed by atoms with E-state index in [1.807, 2.05) is 44.2 Å². The van der Waals surface area contributed by atoms with Crippen LogP contribution in [0, 0.1) is 36.0 Å². The van der Waals surface area contributed by atoms with Crippen molar-refractivity contribution in [2.24, 2.45) is 17.8 Å². The second-order valence-electron chi connectivity index (χ2n) is 10.3. The molecule has 2 aliphatic carbocycles. The molecule has 4 aromatic rings. The highest BCUT2D eigenvalue weighted by molar-refractivity contribution is 5.87. The SMILES string of the molecule is Cc1nc(-c2ccc(-c3ccncc3)cc2)c2c(n1)[C@]1(c3ccccc3)CC(C#N)C(=O)[C@@H](C)[C@@H]1CC2. The van der Waals surface area contributed by atoms with E-state index in [9.17, 15) is 10.1 Å². The minimum Gasteiger partial charge on any atom is -0.298 e. The second kappa shape index (κ2) is 9.05. The van der Waals surface area contributed by atoms with Crippen LogP contribution in [0.1, 0.15) is 42.4 Å². The highest BCUT2D eigenvalue weighted by atomic mass is 16.1. The second-order valence-corrected chi connectivity index (χ2v) is 10.3. The van der Waals surface area contributed by atoms with Crippen LogP contribution in [0.2, 0.25) is 0 Å². The predicted molar refractivity (Wildman–Crippen MR) is 142 cm³/mol. The van der Waals surface area contributed by atoms with Crippen LogP contribution in [0.4, 0.5) is 0 Å². The van der Waals surface area contributed by atoms with Gasteiger partial charge in [-0.2, -0.15) is 5.26 Å². The lowest BCUT2D eigenvalue weighted by Crippen LogP contribution is -2.53. The average Bonchev–Trinajstić information content (AvgIpc) is 2.95. The Morgan fingerprint density at radius 3 is 2.30 bits per heavy atom. The summed E-state index contributed by atoms with van der Waals surface area (Å²) in [7, 11) is 0. The van der Waals surface area contributed by atoms with Crippen LogP contribution in [-0.2, 0) is 16.6 Å². The molecule has 0 spiro atoms. The summed E-state index contributed by atoms with van der Waals surface area (Å²) in [5.74, 6) is 0.0257. The van der Waals surface area contributed by atoms with Crippen LogP contribution in [-0.4, -0.2) is 20.7 Å². The average molecular weight is 485 g/mol. The van der Waals surface area contributed by atoms with Crippen LogP contribution in [0.25, 0.3) is 22.4 Å². The van der Waals surface area contributed by atoms with E-state index in [0.29, 0.717) is 12.2 Å². The van der Waals surface area contributed by atoms with Gasteiger partial charge in [-0.1, -0.05) is 61.5 Å². The molecule has 1 fully saturated rings. The zero-order valence-electron chi connectivity index (χ0n) is 21.1.